The van der Waals surface area contributed by atoms with Gasteiger partial charge in [-0.1, -0.05) is 62.2 Å². The van der Waals surface area contributed by atoms with E-state index in [9.17, 15) is 19.6 Å². The molecule has 1 aliphatic rings. The fraction of sp³-hybridized carbons (Fsp3) is 0.476. The Morgan fingerprint density at radius 2 is 1.73 bits per heavy atom. The molecular weight excluding hydrogens is 813 g/mol. The molecule has 1 aliphatic heterocycles. The second-order valence-electron chi connectivity index (χ2n) is 15.8. The number of hydrogen-bond acceptors (Lipinski definition) is 12. The van der Waals surface area contributed by atoms with E-state index in [2.05, 4.69) is 22.0 Å². The Kier molecular flexibility index (Phi) is 16.1. The monoisotopic (exact) mass is 862 g/mol. The number of hydrogen-bond donors (Lipinski definition) is 3. The van der Waals surface area contributed by atoms with Gasteiger partial charge >= 0.3 is 12.1 Å². The van der Waals surface area contributed by atoms with Crippen LogP contribution in [-0.2, 0) is 33.9 Å². The van der Waals surface area contributed by atoms with E-state index in [1.165, 1.54) is 62.6 Å². The first-order valence-electron chi connectivity index (χ1n) is 18.7. The average Bonchev–Trinajstić information content (AvgIpc) is 3.47. The Labute approximate surface area is 352 Å². The second-order valence-corrected chi connectivity index (χ2v) is 16.6. The van der Waals surface area contributed by atoms with Gasteiger partial charge in [-0.05, 0) is 67.6 Å². The topological polar surface area (TPSA) is 166 Å². The third-order valence-corrected chi connectivity index (χ3v) is 10.2. The van der Waals surface area contributed by atoms with Crippen molar-refractivity contribution in [3.05, 3.63) is 93.0 Å². The van der Waals surface area contributed by atoms with E-state index in [4.69, 9.17) is 51.6 Å². The number of esters is 1. The fourth-order valence-corrected chi connectivity index (χ4v) is 7.28. The van der Waals surface area contributed by atoms with Crippen molar-refractivity contribution in [2.24, 2.45) is 5.41 Å². The third kappa shape index (κ3) is 11.8. The maximum absolute atomic E-state index is 16.1. The molecule has 59 heavy (non-hydrogen) atoms. The van der Waals surface area contributed by atoms with Crippen molar-refractivity contribution in [2.45, 2.75) is 89.7 Å². The molecule has 1 amide bonds. The Balaban J connectivity index is 1.55. The lowest BCUT2D eigenvalue weighted by atomic mass is 9.62. The molecule has 4 unspecified atom stereocenters. The minimum atomic E-state index is -1.84. The summed E-state index contributed by atoms with van der Waals surface area (Å²) in [7, 11) is 2.86. The first-order chi connectivity index (χ1) is 27.8. The Hall–Kier alpha value is -4.56. The number of carbonyl (C=O) groups excluding carboxylic acids is 3. The van der Waals surface area contributed by atoms with Gasteiger partial charge in [-0.25, -0.2) is 18.4 Å². The standard InChI is InChI=1S/C42H50Cl2F2N4O9/c1-24(59-39(53)56-17-16-41(5,6)57-23-48-22-54-7)58-38(52)25-12-15-31(32(18-25)55-8)49-37(51)36-34(27-10-9-11-29(44)35(27)46)42(21-47,33(50-36)20-40(2,3)4)28-14-13-26(43)19-30(28)45/h9-15,18-19,24,33-34,36,48,50H,16-17,20,22-23H2,1-8H3,(H,49,51)/t24?,33?,34?,36?,42-/m0/s1. The summed E-state index contributed by atoms with van der Waals surface area (Å²) in [4.78, 5) is 39.8. The number of halogens is 4. The number of nitrogens with one attached hydrogen (secondary N) is 3. The smallest absolute Gasteiger partial charge is 0.495 e. The largest absolute Gasteiger partial charge is 0.511 e. The van der Waals surface area contributed by atoms with Crippen molar-refractivity contribution in [1.82, 2.24) is 10.6 Å². The zero-order chi connectivity index (χ0) is 43.7. The highest BCUT2D eigenvalue weighted by molar-refractivity contribution is 6.31. The summed E-state index contributed by atoms with van der Waals surface area (Å²) in [5, 5.41) is 19.9. The number of rotatable bonds is 17. The van der Waals surface area contributed by atoms with Gasteiger partial charge in [-0.15, -0.1) is 0 Å². The lowest BCUT2D eigenvalue weighted by Crippen LogP contribution is -2.45. The van der Waals surface area contributed by atoms with Gasteiger partial charge in [0, 0.05) is 43.0 Å². The molecule has 5 atom stereocenters. The minimum absolute atomic E-state index is 0.0190. The highest BCUT2D eigenvalue weighted by Crippen LogP contribution is 2.53. The molecule has 320 valence electrons. The van der Waals surface area contributed by atoms with Crippen molar-refractivity contribution in [3.8, 4) is 11.8 Å². The van der Waals surface area contributed by atoms with Crippen molar-refractivity contribution >= 4 is 46.9 Å². The van der Waals surface area contributed by atoms with Crippen LogP contribution in [0.2, 0.25) is 10.0 Å². The van der Waals surface area contributed by atoms with Gasteiger partial charge in [-0.3, -0.25) is 10.1 Å². The number of carbonyl (C=O) groups is 3. The first kappa shape index (κ1) is 47.1. The maximum atomic E-state index is 16.1. The Bertz CT molecular complexity index is 2030. The summed E-state index contributed by atoms with van der Waals surface area (Å²) in [5.74, 6) is -4.55. The van der Waals surface area contributed by atoms with E-state index < -0.39 is 70.4 Å². The molecule has 0 saturated carbocycles. The number of amides is 1. The molecule has 13 nitrogen and oxygen atoms in total. The molecule has 3 aromatic rings. The van der Waals surface area contributed by atoms with Crippen LogP contribution in [0.5, 0.6) is 5.75 Å². The van der Waals surface area contributed by atoms with Crippen LogP contribution < -0.4 is 20.7 Å². The first-order valence-corrected chi connectivity index (χ1v) is 19.5. The van der Waals surface area contributed by atoms with E-state index >= 15 is 8.78 Å². The van der Waals surface area contributed by atoms with Crippen molar-refractivity contribution in [1.29, 1.82) is 5.26 Å². The second kappa shape index (κ2) is 20.1. The van der Waals surface area contributed by atoms with Gasteiger partial charge in [0.05, 0.1) is 61.2 Å². The normalized spacial score (nSPS) is 19.7. The van der Waals surface area contributed by atoms with Crippen LogP contribution in [0.1, 0.15) is 81.8 Å². The molecule has 0 radical (unpaired) electrons. The van der Waals surface area contributed by atoms with Gasteiger partial charge < -0.3 is 39.1 Å². The van der Waals surface area contributed by atoms with Crippen molar-refractivity contribution < 1.29 is 51.6 Å². The number of methoxy groups -OCH3 is 2. The van der Waals surface area contributed by atoms with Gasteiger partial charge in [0.25, 0.3) is 0 Å². The number of nitriles is 1. The van der Waals surface area contributed by atoms with Crippen LogP contribution in [0, 0.1) is 28.4 Å². The van der Waals surface area contributed by atoms with Crippen LogP contribution in [0.25, 0.3) is 0 Å². The summed E-state index contributed by atoms with van der Waals surface area (Å²) in [6.45, 7) is 11.3. The number of anilines is 1. The lowest BCUT2D eigenvalue weighted by Gasteiger charge is -2.37. The molecule has 4 rings (SSSR count). The molecule has 17 heteroatoms. The van der Waals surface area contributed by atoms with E-state index in [1.807, 2.05) is 34.6 Å². The van der Waals surface area contributed by atoms with Crippen LogP contribution >= 0.6 is 23.2 Å². The average molecular weight is 864 g/mol. The van der Waals surface area contributed by atoms with Crippen LogP contribution in [-0.4, -0.2) is 76.3 Å². The van der Waals surface area contributed by atoms with Crippen LogP contribution in [0.4, 0.5) is 19.3 Å². The van der Waals surface area contributed by atoms with Crippen LogP contribution in [0.15, 0.2) is 54.6 Å². The lowest BCUT2D eigenvalue weighted by molar-refractivity contribution is -0.118. The summed E-state index contributed by atoms with van der Waals surface area (Å²) in [5.41, 5.74) is -2.98. The van der Waals surface area contributed by atoms with Gasteiger partial charge in [-0.2, -0.15) is 5.26 Å². The molecule has 1 fully saturated rings. The Morgan fingerprint density at radius 1 is 1.00 bits per heavy atom. The summed E-state index contributed by atoms with van der Waals surface area (Å²) in [6.07, 6.45) is -1.78. The minimum Gasteiger partial charge on any atom is -0.495 e. The number of ether oxygens (including phenoxy) is 6. The molecule has 1 saturated heterocycles. The Morgan fingerprint density at radius 3 is 2.37 bits per heavy atom. The molecule has 0 spiro atoms. The third-order valence-electron chi connectivity index (χ3n) is 9.70. The zero-order valence-corrected chi connectivity index (χ0v) is 35.7. The van der Waals surface area contributed by atoms with E-state index in [0.29, 0.717) is 13.2 Å². The summed E-state index contributed by atoms with van der Waals surface area (Å²) in [6, 6.07) is 12.3. The van der Waals surface area contributed by atoms with Crippen molar-refractivity contribution in [3.63, 3.8) is 0 Å². The highest BCUT2D eigenvalue weighted by Gasteiger charge is 2.61. The molecule has 0 bridgehead atoms. The summed E-state index contributed by atoms with van der Waals surface area (Å²) < 4.78 is 63.6. The molecule has 3 N–H and O–H groups in total. The molecule has 0 aromatic heterocycles. The van der Waals surface area contributed by atoms with Gasteiger partial charge in [0.1, 0.15) is 22.8 Å². The summed E-state index contributed by atoms with van der Waals surface area (Å²) >= 11 is 12.4. The van der Waals surface area contributed by atoms with E-state index in [-0.39, 0.29) is 57.9 Å². The quantitative estimate of drug-likeness (QED) is 0.0677. The molecular formula is C42H50Cl2F2N4O9. The number of nitrogens with zero attached hydrogens (tertiary/aromatic N) is 1. The fourth-order valence-electron chi connectivity index (χ4n) is 6.94. The molecule has 1 heterocycles. The van der Waals surface area contributed by atoms with Crippen LogP contribution in [0.3, 0.4) is 0 Å². The zero-order valence-electron chi connectivity index (χ0n) is 34.2. The van der Waals surface area contributed by atoms with Gasteiger partial charge in [0.2, 0.25) is 12.2 Å². The predicted octanol–water partition coefficient (Wildman–Crippen LogP) is 8.23. The maximum Gasteiger partial charge on any atom is 0.511 e. The van der Waals surface area contributed by atoms with E-state index in [1.54, 1.807) is 7.11 Å². The predicted molar refractivity (Wildman–Crippen MR) is 216 cm³/mol. The van der Waals surface area contributed by atoms with E-state index in [0.717, 1.165) is 6.07 Å². The number of benzene rings is 3. The highest BCUT2D eigenvalue weighted by atomic mass is 35.5. The van der Waals surface area contributed by atoms with Crippen molar-refractivity contribution in [2.75, 3.05) is 39.6 Å². The van der Waals surface area contributed by atoms with Gasteiger partial charge in [0.15, 0.2) is 0 Å². The molecule has 3 aromatic carbocycles. The molecule has 0 aliphatic carbocycles. The SMILES string of the molecule is COCNCOC(C)(C)CCOC(=O)OC(C)OC(=O)c1ccc(NC(=O)C2NC(CC(C)(C)C)[C@](C#N)(c3ccc(Cl)cc3F)C2c2cccc(Cl)c2F)c(OC)c1.